The van der Waals surface area contributed by atoms with Crippen molar-refractivity contribution in [2.45, 2.75) is 99.3 Å². The normalized spacial score (nSPS) is 21.7. The predicted molar refractivity (Wildman–Crippen MR) is 150 cm³/mol. The third-order valence-corrected chi connectivity index (χ3v) is 9.81. The van der Waals surface area contributed by atoms with E-state index in [1.807, 2.05) is 36.9 Å². The third-order valence-electron chi connectivity index (χ3n) is 7.22. The molecule has 37 heavy (non-hydrogen) atoms. The second-order valence-corrected chi connectivity index (χ2v) is 13.3. The highest BCUT2D eigenvalue weighted by atomic mass is 32.2. The number of hydrogen-bond donors (Lipinski definition) is 3. The zero-order valence-electron chi connectivity index (χ0n) is 21.5. The molecule has 3 N–H and O–H groups in total. The van der Waals surface area contributed by atoms with Crippen LogP contribution in [0.4, 0.5) is 16.3 Å². The highest BCUT2D eigenvalue weighted by molar-refractivity contribution is 8.00. The number of carbonyl (C=O) groups excluding carboxylic acids is 1. The van der Waals surface area contributed by atoms with Crippen molar-refractivity contribution in [3.8, 4) is 10.4 Å². The van der Waals surface area contributed by atoms with E-state index in [2.05, 4.69) is 51.3 Å². The van der Waals surface area contributed by atoms with E-state index in [1.165, 1.54) is 51.7 Å². The van der Waals surface area contributed by atoms with Gasteiger partial charge in [-0.3, -0.25) is 5.10 Å². The van der Waals surface area contributed by atoms with Crippen LogP contribution in [0.15, 0.2) is 35.4 Å². The van der Waals surface area contributed by atoms with E-state index in [-0.39, 0.29) is 18.2 Å². The van der Waals surface area contributed by atoms with Crippen LogP contribution in [0.3, 0.4) is 0 Å². The lowest BCUT2D eigenvalue weighted by molar-refractivity contribution is 0.109. The van der Waals surface area contributed by atoms with Gasteiger partial charge in [0, 0.05) is 57.2 Å². The highest BCUT2D eigenvalue weighted by Crippen LogP contribution is 2.46. The van der Waals surface area contributed by atoms with Gasteiger partial charge in [-0.15, -0.1) is 23.1 Å². The number of thiazole rings is 1. The van der Waals surface area contributed by atoms with E-state index in [9.17, 15) is 4.79 Å². The van der Waals surface area contributed by atoms with E-state index in [1.54, 1.807) is 0 Å². The first-order valence-corrected chi connectivity index (χ1v) is 15.3. The second kappa shape index (κ2) is 10.7. The number of aromatic amines is 1. The van der Waals surface area contributed by atoms with Crippen LogP contribution in [0.25, 0.3) is 10.4 Å². The summed E-state index contributed by atoms with van der Waals surface area (Å²) in [5, 5.41) is 16.1. The Bertz CT molecular complexity index is 1240. The van der Waals surface area contributed by atoms with E-state index >= 15 is 0 Å². The number of hydrogen-bond acceptors (Lipinski definition) is 7. The summed E-state index contributed by atoms with van der Waals surface area (Å²) < 4.78 is 5.24. The molecule has 1 aromatic carbocycles. The number of ether oxygens (including phenoxy) is 1. The Labute approximate surface area is 226 Å². The van der Waals surface area contributed by atoms with Gasteiger partial charge in [-0.1, -0.05) is 6.07 Å². The number of aromatic nitrogens is 3. The number of amides is 1. The molecule has 0 aliphatic heterocycles. The Morgan fingerprint density at radius 1 is 1.08 bits per heavy atom. The van der Waals surface area contributed by atoms with Crippen LogP contribution in [0.5, 0.6) is 0 Å². The van der Waals surface area contributed by atoms with E-state index < -0.39 is 0 Å². The van der Waals surface area contributed by atoms with Crippen molar-refractivity contribution in [1.29, 1.82) is 0 Å². The number of anilines is 2. The summed E-state index contributed by atoms with van der Waals surface area (Å²) >= 11 is 3.82. The standard InChI is InChI=1S/C28H35N5O2S2/c1-16(2)35-28(34)31-19-7-5-18(6-8-19)27-29-15-25(37-27)22-12-9-20(13-24(22)36-21-10-11-21)30-26-14-23(32-33-26)17-3-4-17/h9,12-19,21H,3-8,10-11H2,1-2H3,(H,31,34)(H2,30,32,33). The maximum atomic E-state index is 11.9. The van der Waals surface area contributed by atoms with Gasteiger partial charge in [-0.05, 0) is 77.3 Å². The summed E-state index contributed by atoms with van der Waals surface area (Å²) in [7, 11) is 0. The zero-order chi connectivity index (χ0) is 25.4. The molecular weight excluding hydrogens is 502 g/mol. The van der Waals surface area contributed by atoms with Crippen molar-refractivity contribution in [1.82, 2.24) is 20.5 Å². The van der Waals surface area contributed by atoms with Crippen LogP contribution < -0.4 is 10.6 Å². The molecule has 0 saturated heterocycles. The largest absolute Gasteiger partial charge is 0.447 e. The molecule has 0 unspecified atom stereocenters. The number of nitrogens with zero attached hydrogens (tertiary/aromatic N) is 2. The molecule has 7 nitrogen and oxygen atoms in total. The van der Waals surface area contributed by atoms with E-state index in [0.29, 0.717) is 11.8 Å². The van der Waals surface area contributed by atoms with Gasteiger partial charge in [0.25, 0.3) is 0 Å². The Morgan fingerprint density at radius 2 is 1.86 bits per heavy atom. The fourth-order valence-electron chi connectivity index (χ4n) is 4.92. The van der Waals surface area contributed by atoms with E-state index in [0.717, 1.165) is 42.4 Å². The van der Waals surface area contributed by atoms with Gasteiger partial charge in [0.15, 0.2) is 5.82 Å². The molecule has 3 aromatic rings. The molecule has 9 heteroatoms. The van der Waals surface area contributed by atoms with Crippen molar-refractivity contribution in [3.63, 3.8) is 0 Å². The molecule has 196 valence electrons. The molecule has 2 heterocycles. The number of H-pyrrole nitrogens is 1. The Hall–Kier alpha value is -2.52. The van der Waals surface area contributed by atoms with Crippen molar-refractivity contribution in [2.24, 2.45) is 0 Å². The molecule has 0 atom stereocenters. The van der Waals surface area contributed by atoms with Crippen molar-refractivity contribution in [2.75, 3.05) is 5.32 Å². The van der Waals surface area contributed by atoms with Crippen molar-refractivity contribution < 1.29 is 9.53 Å². The molecule has 0 bridgehead atoms. The lowest BCUT2D eigenvalue weighted by Crippen LogP contribution is -2.38. The topological polar surface area (TPSA) is 91.9 Å². The second-order valence-electron chi connectivity index (χ2n) is 10.8. The molecule has 2 aromatic heterocycles. The molecular formula is C28H35N5O2S2. The summed E-state index contributed by atoms with van der Waals surface area (Å²) in [4.78, 5) is 19.4. The summed E-state index contributed by atoms with van der Waals surface area (Å²) in [5.41, 5.74) is 3.59. The molecule has 1 amide bonds. The molecule has 3 fully saturated rings. The van der Waals surface area contributed by atoms with Gasteiger partial charge in [0.2, 0.25) is 0 Å². The van der Waals surface area contributed by atoms with Crippen LogP contribution in [0, 0.1) is 0 Å². The van der Waals surface area contributed by atoms with Crippen LogP contribution in [-0.4, -0.2) is 38.7 Å². The van der Waals surface area contributed by atoms with Gasteiger partial charge in [-0.25, -0.2) is 9.78 Å². The van der Waals surface area contributed by atoms with Gasteiger partial charge in [-0.2, -0.15) is 5.10 Å². The Balaban J connectivity index is 1.12. The number of rotatable bonds is 9. The van der Waals surface area contributed by atoms with Crippen LogP contribution in [0.2, 0.25) is 0 Å². The lowest BCUT2D eigenvalue weighted by Gasteiger charge is -2.28. The van der Waals surface area contributed by atoms with Gasteiger partial charge in [0.05, 0.1) is 16.0 Å². The van der Waals surface area contributed by atoms with Crippen LogP contribution in [-0.2, 0) is 4.74 Å². The summed E-state index contributed by atoms with van der Waals surface area (Å²) in [6, 6.07) is 9.01. The number of carbonyl (C=O) groups is 1. The lowest BCUT2D eigenvalue weighted by atomic mass is 9.86. The SMILES string of the molecule is CC(C)OC(=O)NC1CCC(c2ncc(-c3ccc(Nc4cc(C5CC5)[nH]n4)cc3SC3CC3)s2)CC1. The molecule has 6 rings (SSSR count). The maximum absolute atomic E-state index is 11.9. The zero-order valence-corrected chi connectivity index (χ0v) is 23.1. The Morgan fingerprint density at radius 3 is 2.59 bits per heavy atom. The third kappa shape index (κ3) is 6.32. The molecule has 0 spiro atoms. The first-order chi connectivity index (χ1) is 18.0. The first-order valence-electron chi connectivity index (χ1n) is 13.6. The number of nitrogens with one attached hydrogen (secondary N) is 3. The van der Waals surface area contributed by atoms with Gasteiger partial charge < -0.3 is 15.4 Å². The average Bonchev–Trinajstić information content (AvgIpc) is 3.79. The summed E-state index contributed by atoms with van der Waals surface area (Å²) in [6.07, 6.45) is 10.8. The minimum atomic E-state index is -0.302. The highest BCUT2D eigenvalue weighted by Gasteiger charge is 2.28. The number of alkyl carbamates (subject to hydrolysis) is 1. The molecule has 3 aliphatic carbocycles. The Kier molecular flexibility index (Phi) is 7.16. The average molecular weight is 538 g/mol. The maximum Gasteiger partial charge on any atom is 0.407 e. The summed E-state index contributed by atoms with van der Waals surface area (Å²) in [6.45, 7) is 3.75. The number of benzene rings is 1. The van der Waals surface area contributed by atoms with Gasteiger partial charge in [0.1, 0.15) is 0 Å². The number of thioether (sulfide) groups is 1. The van der Waals surface area contributed by atoms with Crippen molar-refractivity contribution in [3.05, 3.63) is 41.2 Å². The molecule has 3 aliphatic rings. The van der Waals surface area contributed by atoms with Crippen LogP contribution >= 0.6 is 23.1 Å². The molecule has 0 radical (unpaired) electrons. The minimum absolute atomic E-state index is 0.0941. The fourth-order valence-corrected chi connectivity index (χ4v) is 7.34. The summed E-state index contributed by atoms with van der Waals surface area (Å²) in [5.74, 6) is 2.01. The first kappa shape index (κ1) is 24.8. The predicted octanol–water partition coefficient (Wildman–Crippen LogP) is 7.57. The smallest absolute Gasteiger partial charge is 0.407 e. The quantitative estimate of drug-likeness (QED) is 0.261. The monoisotopic (exact) mass is 537 g/mol. The minimum Gasteiger partial charge on any atom is -0.447 e. The van der Waals surface area contributed by atoms with Crippen molar-refractivity contribution >= 4 is 40.7 Å². The van der Waals surface area contributed by atoms with E-state index in [4.69, 9.17) is 9.72 Å². The fraction of sp³-hybridized carbons (Fsp3) is 0.536. The molecule has 3 saturated carbocycles. The van der Waals surface area contributed by atoms with Crippen LogP contribution in [0.1, 0.15) is 87.8 Å². The van der Waals surface area contributed by atoms with Gasteiger partial charge >= 0.3 is 6.09 Å².